The van der Waals surface area contributed by atoms with E-state index in [1.807, 2.05) is 0 Å². The average molecular weight is 272 g/mol. The van der Waals surface area contributed by atoms with Crippen molar-refractivity contribution >= 4 is 21.8 Å². The van der Waals surface area contributed by atoms with E-state index in [1.165, 1.54) is 6.07 Å². The normalized spacial score (nSPS) is 10.0. The summed E-state index contributed by atoms with van der Waals surface area (Å²) in [5.74, 6) is 0.117. The molecule has 0 unspecified atom stereocenters. The van der Waals surface area contributed by atoms with E-state index in [-0.39, 0.29) is 11.7 Å². The molecule has 1 aromatic rings. The molecule has 2 N–H and O–H groups in total. The second-order valence-corrected chi connectivity index (χ2v) is 4.09. The lowest BCUT2D eigenvalue weighted by atomic mass is 10.1. The lowest BCUT2D eigenvalue weighted by molar-refractivity contribution is 0.0953. The topological polar surface area (TPSA) is 49.3 Å². The first-order valence-corrected chi connectivity index (χ1v) is 5.91. The number of amides is 1. The van der Waals surface area contributed by atoms with E-state index in [0.717, 1.165) is 11.8 Å². The van der Waals surface area contributed by atoms with E-state index in [2.05, 4.69) is 21.2 Å². The van der Waals surface area contributed by atoms with Crippen LogP contribution in [0.2, 0.25) is 0 Å². The van der Waals surface area contributed by atoms with Crippen LogP contribution < -0.4 is 5.32 Å². The van der Waals surface area contributed by atoms with Gasteiger partial charge < -0.3 is 10.4 Å². The number of carbonyl (C=O) groups excluding carboxylic acids is 1. The average Bonchev–Trinajstić information content (AvgIpc) is 2.22. The summed E-state index contributed by atoms with van der Waals surface area (Å²) >= 11 is 3.29. The minimum absolute atomic E-state index is 0.0981. The van der Waals surface area contributed by atoms with Crippen LogP contribution in [0.3, 0.4) is 0 Å². The quantitative estimate of drug-likeness (QED) is 0.652. The molecule has 0 spiro atoms. The highest BCUT2D eigenvalue weighted by molar-refractivity contribution is 9.09. The third-order valence-corrected chi connectivity index (χ3v) is 2.62. The van der Waals surface area contributed by atoms with E-state index in [1.54, 1.807) is 19.1 Å². The van der Waals surface area contributed by atoms with Crippen molar-refractivity contribution in [2.75, 3.05) is 11.9 Å². The van der Waals surface area contributed by atoms with Gasteiger partial charge in [-0.25, -0.2) is 0 Å². The summed E-state index contributed by atoms with van der Waals surface area (Å²) in [6.07, 6.45) is 0.906. The van der Waals surface area contributed by atoms with Crippen molar-refractivity contribution in [1.82, 2.24) is 5.32 Å². The number of carbonyl (C=O) groups is 1. The van der Waals surface area contributed by atoms with E-state index in [4.69, 9.17) is 0 Å². The molecule has 0 radical (unpaired) electrons. The Morgan fingerprint density at radius 3 is 2.87 bits per heavy atom. The molecule has 0 heterocycles. The van der Waals surface area contributed by atoms with Crippen molar-refractivity contribution in [2.45, 2.75) is 13.3 Å². The number of hydrogen-bond acceptors (Lipinski definition) is 2. The minimum Gasteiger partial charge on any atom is -0.508 e. The number of aromatic hydroxyl groups is 1. The summed E-state index contributed by atoms with van der Waals surface area (Å²) in [6, 6.07) is 4.83. The lowest BCUT2D eigenvalue weighted by Gasteiger charge is -2.05. The van der Waals surface area contributed by atoms with Crippen molar-refractivity contribution in [1.29, 1.82) is 0 Å². The van der Waals surface area contributed by atoms with Crippen molar-refractivity contribution < 1.29 is 9.90 Å². The maximum atomic E-state index is 11.6. The van der Waals surface area contributed by atoms with Gasteiger partial charge in [0, 0.05) is 17.4 Å². The number of phenols is 1. The van der Waals surface area contributed by atoms with Gasteiger partial charge in [0.15, 0.2) is 0 Å². The fourth-order valence-corrected chi connectivity index (χ4v) is 1.45. The molecule has 0 saturated carbocycles. The Morgan fingerprint density at radius 2 is 2.27 bits per heavy atom. The van der Waals surface area contributed by atoms with Crippen LogP contribution in [0.5, 0.6) is 5.75 Å². The van der Waals surface area contributed by atoms with E-state index < -0.39 is 0 Å². The molecule has 0 saturated heterocycles. The summed E-state index contributed by atoms with van der Waals surface area (Å²) in [6.45, 7) is 2.43. The highest BCUT2D eigenvalue weighted by Crippen LogP contribution is 2.16. The van der Waals surface area contributed by atoms with Gasteiger partial charge in [-0.1, -0.05) is 15.9 Å². The van der Waals surface area contributed by atoms with Crippen LogP contribution in [0.1, 0.15) is 22.3 Å². The largest absolute Gasteiger partial charge is 0.508 e. The zero-order chi connectivity index (χ0) is 11.3. The zero-order valence-corrected chi connectivity index (χ0v) is 10.2. The van der Waals surface area contributed by atoms with Gasteiger partial charge in [-0.2, -0.15) is 0 Å². The van der Waals surface area contributed by atoms with Gasteiger partial charge in [0.05, 0.1) is 0 Å². The molecule has 1 aromatic carbocycles. The molecular formula is C11H14BrNO2. The second kappa shape index (κ2) is 5.75. The molecule has 0 aromatic heterocycles. The van der Waals surface area contributed by atoms with Crippen LogP contribution in [-0.2, 0) is 0 Å². The third-order valence-electron chi connectivity index (χ3n) is 2.05. The monoisotopic (exact) mass is 271 g/mol. The summed E-state index contributed by atoms with van der Waals surface area (Å²) in [4.78, 5) is 11.6. The van der Waals surface area contributed by atoms with Crippen LogP contribution in [-0.4, -0.2) is 22.9 Å². The Balaban J connectivity index is 2.62. The molecular weight excluding hydrogens is 258 g/mol. The van der Waals surface area contributed by atoms with E-state index in [9.17, 15) is 9.90 Å². The van der Waals surface area contributed by atoms with Gasteiger partial charge in [-0.05, 0) is 37.1 Å². The maximum Gasteiger partial charge on any atom is 0.251 e. The van der Waals surface area contributed by atoms with Crippen LogP contribution in [0, 0.1) is 6.92 Å². The van der Waals surface area contributed by atoms with Gasteiger partial charge in [-0.3, -0.25) is 4.79 Å². The lowest BCUT2D eigenvalue weighted by Crippen LogP contribution is -2.24. The number of nitrogens with one attached hydrogen (secondary N) is 1. The molecule has 82 valence electrons. The minimum atomic E-state index is -0.0981. The van der Waals surface area contributed by atoms with Crippen LogP contribution >= 0.6 is 15.9 Å². The molecule has 4 heteroatoms. The standard InChI is InChI=1S/C11H14BrNO2/c1-8-7-9(3-4-10(8)14)11(15)13-6-2-5-12/h3-4,7,14H,2,5-6H2,1H3,(H,13,15). The molecule has 0 fully saturated rings. The van der Waals surface area contributed by atoms with E-state index >= 15 is 0 Å². The fraction of sp³-hybridized carbons (Fsp3) is 0.364. The highest BCUT2D eigenvalue weighted by atomic mass is 79.9. The Hall–Kier alpha value is -1.03. The first-order valence-electron chi connectivity index (χ1n) is 4.79. The number of halogens is 1. The molecule has 1 rings (SSSR count). The van der Waals surface area contributed by atoms with Crippen molar-refractivity contribution in [3.8, 4) is 5.75 Å². The van der Waals surface area contributed by atoms with Crippen molar-refractivity contribution in [2.24, 2.45) is 0 Å². The molecule has 15 heavy (non-hydrogen) atoms. The molecule has 0 aliphatic heterocycles. The number of aryl methyl sites for hydroxylation is 1. The molecule has 1 amide bonds. The van der Waals surface area contributed by atoms with Crippen molar-refractivity contribution in [3.05, 3.63) is 29.3 Å². The van der Waals surface area contributed by atoms with Crippen LogP contribution in [0.15, 0.2) is 18.2 Å². The second-order valence-electron chi connectivity index (χ2n) is 3.30. The molecule has 3 nitrogen and oxygen atoms in total. The first-order chi connectivity index (χ1) is 7.15. The van der Waals surface area contributed by atoms with Gasteiger partial charge in [0.1, 0.15) is 5.75 Å². The Labute approximate surface area is 97.6 Å². The first kappa shape index (κ1) is 12.0. The Kier molecular flexibility index (Phi) is 4.62. The summed E-state index contributed by atoms with van der Waals surface area (Å²) in [5.41, 5.74) is 1.29. The summed E-state index contributed by atoms with van der Waals surface area (Å²) < 4.78 is 0. The summed E-state index contributed by atoms with van der Waals surface area (Å²) in [5, 5.41) is 13.0. The van der Waals surface area contributed by atoms with Crippen LogP contribution in [0.25, 0.3) is 0 Å². The Morgan fingerprint density at radius 1 is 1.53 bits per heavy atom. The number of phenolic OH excluding ortho intramolecular Hbond substituents is 1. The number of benzene rings is 1. The third kappa shape index (κ3) is 3.55. The Bertz CT molecular complexity index is 352. The van der Waals surface area contributed by atoms with Gasteiger partial charge in [0.2, 0.25) is 0 Å². The number of alkyl halides is 1. The predicted octanol–water partition coefficient (Wildman–Crippen LogP) is 2.22. The number of rotatable bonds is 4. The van der Waals surface area contributed by atoms with Gasteiger partial charge in [0.25, 0.3) is 5.91 Å². The van der Waals surface area contributed by atoms with Crippen LogP contribution in [0.4, 0.5) is 0 Å². The van der Waals surface area contributed by atoms with Gasteiger partial charge >= 0.3 is 0 Å². The summed E-state index contributed by atoms with van der Waals surface area (Å²) in [7, 11) is 0. The molecule has 0 aliphatic carbocycles. The molecule has 0 atom stereocenters. The number of hydrogen-bond donors (Lipinski definition) is 2. The zero-order valence-electron chi connectivity index (χ0n) is 8.59. The van der Waals surface area contributed by atoms with E-state index in [0.29, 0.717) is 17.7 Å². The smallest absolute Gasteiger partial charge is 0.251 e. The van der Waals surface area contributed by atoms with Crippen molar-refractivity contribution in [3.63, 3.8) is 0 Å². The highest BCUT2D eigenvalue weighted by Gasteiger charge is 2.06. The fourth-order valence-electron chi connectivity index (χ4n) is 1.17. The SMILES string of the molecule is Cc1cc(C(=O)NCCCBr)ccc1O. The molecule has 0 bridgehead atoms. The van der Waals surface area contributed by atoms with Gasteiger partial charge in [-0.15, -0.1) is 0 Å². The molecule has 0 aliphatic rings. The predicted molar refractivity (Wildman–Crippen MR) is 63.6 cm³/mol. The maximum absolute atomic E-state index is 11.6.